The number of nitrogens with zero attached hydrogens (tertiary/aromatic N) is 1. The van der Waals surface area contributed by atoms with Crippen LogP contribution in [0.5, 0.6) is 0 Å². The first-order valence-electron chi connectivity index (χ1n) is 21.1. The van der Waals surface area contributed by atoms with Gasteiger partial charge in [0.2, 0.25) is 0 Å². The standard InChI is InChI=1S/C42H89NOSi/c1-8-10-12-14-16-18-20-22-24-26-28-30-32-34-38-43(40-36-37-41-44-45(6,7)42(3,4)5)39-35-33-31-29-27-25-23-21-19-17-15-13-11-9-2/h8-41H2,1-7H3. The molecule has 0 heterocycles. The normalized spacial score (nSPS) is 12.5. The molecular weight excluding hydrogens is 563 g/mol. The molecule has 45 heavy (non-hydrogen) atoms. The summed E-state index contributed by atoms with van der Waals surface area (Å²) in [7, 11) is -1.60. The molecule has 0 bridgehead atoms. The van der Waals surface area contributed by atoms with Crippen molar-refractivity contribution in [2.45, 2.75) is 245 Å². The molecule has 0 N–H and O–H groups in total. The van der Waals surface area contributed by atoms with Crippen molar-refractivity contribution < 1.29 is 4.43 Å². The molecule has 0 saturated heterocycles. The monoisotopic (exact) mass is 652 g/mol. The van der Waals surface area contributed by atoms with Crippen molar-refractivity contribution in [3.05, 3.63) is 0 Å². The van der Waals surface area contributed by atoms with Gasteiger partial charge in [0.15, 0.2) is 8.32 Å². The average molecular weight is 652 g/mol. The highest BCUT2D eigenvalue weighted by atomic mass is 28.4. The van der Waals surface area contributed by atoms with Crippen LogP contribution in [0.4, 0.5) is 0 Å². The Morgan fingerprint density at radius 1 is 0.378 bits per heavy atom. The van der Waals surface area contributed by atoms with E-state index in [0.717, 1.165) is 6.61 Å². The summed E-state index contributed by atoms with van der Waals surface area (Å²) in [4.78, 5) is 2.81. The molecule has 0 amide bonds. The lowest BCUT2D eigenvalue weighted by molar-refractivity contribution is 0.234. The van der Waals surface area contributed by atoms with Gasteiger partial charge in [0.1, 0.15) is 0 Å². The van der Waals surface area contributed by atoms with Crippen LogP contribution >= 0.6 is 0 Å². The van der Waals surface area contributed by atoms with Crippen molar-refractivity contribution in [1.82, 2.24) is 4.90 Å². The predicted molar refractivity (Wildman–Crippen MR) is 209 cm³/mol. The highest BCUT2D eigenvalue weighted by molar-refractivity contribution is 6.74. The molecule has 272 valence electrons. The van der Waals surface area contributed by atoms with E-state index in [-0.39, 0.29) is 0 Å². The molecule has 0 rings (SSSR count). The van der Waals surface area contributed by atoms with Crippen LogP contribution in [0.25, 0.3) is 0 Å². The SMILES string of the molecule is CCCCCCCCCCCCCCCCN(CCCCCCCCCCCCCCCC)CCCCO[Si](C)(C)C(C)(C)C. The van der Waals surface area contributed by atoms with Crippen LogP contribution in [0.2, 0.25) is 18.1 Å². The first kappa shape index (κ1) is 45.1. The fourth-order valence-electron chi connectivity index (χ4n) is 6.38. The summed E-state index contributed by atoms with van der Waals surface area (Å²) in [6.07, 6.45) is 43.1. The van der Waals surface area contributed by atoms with Gasteiger partial charge in [0, 0.05) is 6.61 Å². The Morgan fingerprint density at radius 2 is 0.622 bits per heavy atom. The highest BCUT2D eigenvalue weighted by Crippen LogP contribution is 2.36. The Bertz CT molecular complexity index is 540. The van der Waals surface area contributed by atoms with Gasteiger partial charge >= 0.3 is 0 Å². The predicted octanol–water partition coefficient (Wildman–Crippen LogP) is 15.1. The molecule has 0 spiro atoms. The summed E-state index contributed by atoms with van der Waals surface area (Å²) in [5.74, 6) is 0. The lowest BCUT2D eigenvalue weighted by atomic mass is 10.0. The van der Waals surface area contributed by atoms with Gasteiger partial charge in [-0.2, -0.15) is 0 Å². The van der Waals surface area contributed by atoms with Gasteiger partial charge in [-0.05, 0) is 63.4 Å². The van der Waals surface area contributed by atoms with Crippen molar-refractivity contribution in [1.29, 1.82) is 0 Å². The Balaban J connectivity index is 4.03. The van der Waals surface area contributed by atoms with Crippen LogP contribution in [0, 0.1) is 0 Å². The maximum atomic E-state index is 6.47. The van der Waals surface area contributed by atoms with E-state index in [0.29, 0.717) is 5.04 Å². The molecular formula is C42H89NOSi. The van der Waals surface area contributed by atoms with Crippen LogP contribution < -0.4 is 0 Å². The zero-order valence-corrected chi connectivity index (χ0v) is 33.9. The van der Waals surface area contributed by atoms with Crippen LogP contribution in [0.3, 0.4) is 0 Å². The smallest absolute Gasteiger partial charge is 0.191 e. The lowest BCUT2D eigenvalue weighted by Gasteiger charge is -2.36. The number of rotatable bonds is 36. The van der Waals surface area contributed by atoms with Crippen molar-refractivity contribution >= 4 is 8.32 Å². The van der Waals surface area contributed by atoms with Crippen molar-refractivity contribution in [3.8, 4) is 0 Å². The molecule has 2 nitrogen and oxygen atoms in total. The van der Waals surface area contributed by atoms with Gasteiger partial charge in [0.25, 0.3) is 0 Å². The van der Waals surface area contributed by atoms with E-state index in [1.54, 1.807) is 0 Å². The second-order valence-corrected chi connectivity index (χ2v) is 21.2. The third-order valence-electron chi connectivity index (χ3n) is 10.8. The second-order valence-electron chi connectivity index (χ2n) is 16.3. The highest BCUT2D eigenvalue weighted by Gasteiger charge is 2.36. The second kappa shape index (κ2) is 32.7. The van der Waals surface area contributed by atoms with Crippen molar-refractivity contribution in [2.75, 3.05) is 26.2 Å². The van der Waals surface area contributed by atoms with Crippen LogP contribution in [-0.4, -0.2) is 39.5 Å². The molecule has 0 saturated carbocycles. The fourth-order valence-corrected chi connectivity index (χ4v) is 7.46. The van der Waals surface area contributed by atoms with E-state index in [4.69, 9.17) is 4.43 Å². The van der Waals surface area contributed by atoms with Crippen LogP contribution in [-0.2, 0) is 4.43 Å². The number of hydrogen-bond acceptors (Lipinski definition) is 2. The average Bonchev–Trinajstić information content (AvgIpc) is 3.00. The summed E-state index contributed by atoms with van der Waals surface area (Å²) in [5, 5.41) is 0.320. The van der Waals surface area contributed by atoms with Gasteiger partial charge in [-0.15, -0.1) is 0 Å². The third kappa shape index (κ3) is 31.2. The molecule has 0 aromatic rings. The van der Waals surface area contributed by atoms with Gasteiger partial charge in [-0.3, -0.25) is 0 Å². The minimum atomic E-state index is -1.60. The maximum absolute atomic E-state index is 6.47. The van der Waals surface area contributed by atoms with Crippen molar-refractivity contribution in [3.63, 3.8) is 0 Å². The van der Waals surface area contributed by atoms with E-state index in [9.17, 15) is 0 Å². The van der Waals surface area contributed by atoms with Gasteiger partial charge in [0.05, 0.1) is 0 Å². The quantitative estimate of drug-likeness (QED) is 0.0494. The zero-order valence-electron chi connectivity index (χ0n) is 32.9. The molecule has 0 atom stereocenters. The topological polar surface area (TPSA) is 12.5 Å². The van der Waals surface area contributed by atoms with E-state index < -0.39 is 8.32 Å². The zero-order chi connectivity index (χ0) is 33.3. The fraction of sp³-hybridized carbons (Fsp3) is 1.00. The van der Waals surface area contributed by atoms with Crippen LogP contribution in [0.1, 0.15) is 227 Å². The minimum absolute atomic E-state index is 0.320. The van der Waals surface area contributed by atoms with E-state index in [1.807, 2.05) is 0 Å². The molecule has 0 aliphatic rings. The van der Waals surface area contributed by atoms with Crippen LogP contribution in [0.15, 0.2) is 0 Å². The molecule has 0 radical (unpaired) electrons. The van der Waals surface area contributed by atoms with E-state index in [2.05, 4.69) is 52.6 Å². The Labute approximate surface area is 288 Å². The summed E-state index contributed by atoms with van der Waals surface area (Å²) in [6, 6.07) is 0. The first-order valence-corrected chi connectivity index (χ1v) is 24.0. The minimum Gasteiger partial charge on any atom is -0.417 e. The van der Waals surface area contributed by atoms with E-state index >= 15 is 0 Å². The third-order valence-corrected chi connectivity index (χ3v) is 15.3. The van der Waals surface area contributed by atoms with Gasteiger partial charge in [-0.1, -0.05) is 202 Å². The molecule has 0 aliphatic carbocycles. The lowest BCUT2D eigenvalue weighted by Crippen LogP contribution is -2.41. The molecule has 3 heteroatoms. The molecule has 0 aromatic carbocycles. The Hall–Kier alpha value is 0.137. The number of hydrogen-bond donors (Lipinski definition) is 0. The molecule has 0 aromatic heterocycles. The van der Waals surface area contributed by atoms with Gasteiger partial charge in [-0.25, -0.2) is 0 Å². The van der Waals surface area contributed by atoms with Gasteiger partial charge < -0.3 is 9.33 Å². The Morgan fingerprint density at radius 3 is 0.889 bits per heavy atom. The van der Waals surface area contributed by atoms with Crippen molar-refractivity contribution in [2.24, 2.45) is 0 Å². The Kier molecular flexibility index (Phi) is 32.8. The molecule has 0 unspecified atom stereocenters. The first-order chi connectivity index (χ1) is 21.7. The largest absolute Gasteiger partial charge is 0.417 e. The van der Waals surface area contributed by atoms with E-state index in [1.165, 1.54) is 212 Å². The number of unbranched alkanes of at least 4 members (excludes halogenated alkanes) is 27. The maximum Gasteiger partial charge on any atom is 0.191 e. The summed E-state index contributed by atoms with van der Waals surface area (Å²) in [5.41, 5.74) is 0. The molecule has 0 fully saturated rings. The summed E-state index contributed by atoms with van der Waals surface area (Å²) in [6.45, 7) is 21.3. The summed E-state index contributed by atoms with van der Waals surface area (Å²) >= 11 is 0. The summed E-state index contributed by atoms with van der Waals surface area (Å²) < 4.78 is 6.47. The molecule has 0 aliphatic heterocycles.